The summed E-state index contributed by atoms with van der Waals surface area (Å²) in [6.07, 6.45) is 0. The van der Waals surface area contributed by atoms with Gasteiger partial charge in [0, 0.05) is 0 Å². The van der Waals surface area contributed by atoms with E-state index in [4.69, 9.17) is 4.43 Å². The Hall–Kier alpha value is -1.74. The minimum Gasteiger partial charge on any atom is -0.541 e. The Kier molecular flexibility index (Phi) is 5.10. The zero-order valence-electron chi connectivity index (χ0n) is 15.1. The van der Waals surface area contributed by atoms with E-state index in [0.29, 0.717) is 10.8 Å². The van der Waals surface area contributed by atoms with Gasteiger partial charge in [-0.15, -0.1) is 0 Å². The molecule has 0 amide bonds. The molecule has 0 unspecified atom stereocenters. The van der Waals surface area contributed by atoms with E-state index in [-0.39, 0.29) is 10.8 Å². The number of fused-ring (bicyclic) bond motifs is 1. The van der Waals surface area contributed by atoms with E-state index in [2.05, 4.69) is 4.18 Å². The van der Waals surface area contributed by atoms with Crippen molar-refractivity contribution in [1.29, 1.82) is 0 Å². The van der Waals surface area contributed by atoms with Gasteiger partial charge in [-0.2, -0.15) is 21.6 Å². The molecule has 2 rings (SSSR count). The number of hydrogen-bond acceptors (Lipinski definition) is 4. The van der Waals surface area contributed by atoms with Crippen LogP contribution in [0.25, 0.3) is 10.8 Å². The van der Waals surface area contributed by atoms with Gasteiger partial charge in [0.25, 0.3) is 8.32 Å². The number of halogens is 3. The predicted octanol–water partition coefficient (Wildman–Crippen LogP) is 5.45. The Balaban J connectivity index is 2.60. The molecule has 0 aliphatic rings. The first-order chi connectivity index (χ1) is 11.6. The van der Waals surface area contributed by atoms with E-state index in [9.17, 15) is 21.6 Å². The molecule has 0 fully saturated rings. The number of alkyl halides is 3. The van der Waals surface area contributed by atoms with Gasteiger partial charge >= 0.3 is 15.6 Å². The van der Waals surface area contributed by atoms with Gasteiger partial charge in [0.05, 0.1) is 0 Å². The monoisotopic (exact) mass is 406 g/mol. The van der Waals surface area contributed by atoms with E-state index < -0.39 is 29.7 Å². The molecule has 144 valence electrons. The minimum absolute atomic E-state index is 0.0110. The van der Waals surface area contributed by atoms with Crippen molar-refractivity contribution in [3.8, 4) is 11.5 Å². The van der Waals surface area contributed by atoms with Gasteiger partial charge in [-0.3, -0.25) is 0 Å². The zero-order valence-corrected chi connectivity index (χ0v) is 17.0. The van der Waals surface area contributed by atoms with E-state index in [1.807, 2.05) is 33.9 Å². The topological polar surface area (TPSA) is 52.6 Å². The summed E-state index contributed by atoms with van der Waals surface area (Å²) in [6, 6.07) is 9.64. The first-order valence-corrected chi connectivity index (χ1v) is 12.2. The number of benzene rings is 2. The number of rotatable bonds is 4. The zero-order chi connectivity index (χ0) is 20.0. The largest absolute Gasteiger partial charge is 0.541 e. The van der Waals surface area contributed by atoms with Gasteiger partial charge in [-0.1, -0.05) is 45.0 Å². The van der Waals surface area contributed by atoms with Crippen LogP contribution >= 0.6 is 0 Å². The van der Waals surface area contributed by atoms with Crippen LogP contribution in [-0.4, -0.2) is 22.2 Å². The fourth-order valence-corrected chi connectivity index (χ4v) is 3.41. The highest BCUT2D eigenvalue weighted by molar-refractivity contribution is 7.88. The Morgan fingerprint density at radius 3 is 1.81 bits per heavy atom. The summed E-state index contributed by atoms with van der Waals surface area (Å²) < 4.78 is 71.7. The average Bonchev–Trinajstić information content (AvgIpc) is 2.44. The van der Waals surface area contributed by atoms with Gasteiger partial charge in [0.1, 0.15) is 5.75 Å². The van der Waals surface area contributed by atoms with Crippen molar-refractivity contribution in [2.45, 2.75) is 44.4 Å². The summed E-state index contributed by atoms with van der Waals surface area (Å²) in [6.45, 7) is 9.71. The molecule has 2 aromatic rings. The molecule has 0 saturated carbocycles. The molecule has 0 spiro atoms. The minimum atomic E-state index is -5.80. The summed E-state index contributed by atoms with van der Waals surface area (Å²) in [5.74, 6) is -0.478. The van der Waals surface area contributed by atoms with Crippen molar-refractivity contribution in [1.82, 2.24) is 0 Å². The first kappa shape index (κ1) is 20.6. The maximum atomic E-state index is 12.7. The standard InChI is InChI=1S/C17H21F3O4SSi/c1-16(2,3)26(4,5)24-15-11-13-9-7-6-8-12(13)10-14(15)23-25(21,22)17(18,19)20/h6-11H,1-5H3. The van der Waals surface area contributed by atoms with Crippen LogP contribution in [0.15, 0.2) is 36.4 Å². The second-order valence-corrected chi connectivity index (χ2v) is 13.8. The summed E-state index contributed by atoms with van der Waals surface area (Å²) >= 11 is 0. The van der Waals surface area contributed by atoms with Crippen LogP contribution in [0.3, 0.4) is 0 Å². The molecule has 0 atom stereocenters. The molecule has 26 heavy (non-hydrogen) atoms. The highest BCUT2D eigenvalue weighted by Crippen LogP contribution is 2.42. The third-order valence-corrected chi connectivity index (χ3v) is 9.77. The highest BCUT2D eigenvalue weighted by Gasteiger charge is 2.49. The van der Waals surface area contributed by atoms with Gasteiger partial charge in [0.2, 0.25) is 0 Å². The van der Waals surface area contributed by atoms with Crippen LogP contribution in [0.1, 0.15) is 20.8 Å². The van der Waals surface area contributed by atoms with Crippen LogP contribution < -0.4 is 8.61 Å². The summed E-state index contributed by atoms with van der Waals surface area (Å²) in [5, 5.41) is 1.01. The molecule has 0 aromatic heterocycles. The molecule has 0 aliphatic heterocycles. The molecule has 9 heteroatoms. The Bertz CT molecular complexity index is 916. The molecule has 0 saturated heterocycles. The van der Waals surface area contributed by atoms with Crippen LogP contribution in [0.5, 0.6) is 11.5 Å². The maximum absolute atomic E-state index is 12.7. The third-order valence-electron chi connectivity index (χ3n) is 4.47. The van der Waals surface area contributed by atoms with Gasteiger partial charge in [-0.05, 0) is 41.0 Å². The highest BCUT2D eigenvalue weighted by atomic mass is 32.2. The molecular weight excluding hydrogens is 385 g/mol. The van der Waals surface area contributed by atoms with Crippen molar-refractivity contribution in [2.75, 3.05) is 0 Å². The predicted molar refractivity (Wildman–Crippen MR) is 97.4 cm³/mol. The van der Waals surface area contributed by atoms with E-state index in [1.54, 1.807) is 24.3 Å². The summed E-state index contributed by atoms with van der Waals surface area (Å²) in [4.78, 5) is 0. The normalized spacial score (nSPS) is 13.7. The first-order valence-electron chi connectivity index (χ1n) is 7.87. The van der Waals surface area contributed by atoms with Crippen molar-refractivity contribution >= 4 is 29.2 Å². The van der Waals surface area contributed by atoms with Crippen molar-refractivity contribution in [3.63, 3.8) is 0 Å². The van der Waals surface area contributed by atoms with Crippen LogP contribution in [0, 0.1) is 0 Å². The van der Waals surface area contributed by atoms with Crippen LogP contribution in [0.4, 0.5) is 13.2 Å². The summed E-state index contributed by atoms with van der Waals surface area (Å²) in [7, 11) is -8.24. The van der Waals surface area contributed by atoms with Crippen molar-refractivity contribution in [2.24, 2.45) is 0 Å². The Labute approximate surface area is 152 Å². The second-order valence-electron chi connectivity index (χ2n) is 7.49. The maximum Gasteiger partial charge on any atom is 0.534 e. The van der Waals surface area contributed by atoms with Gasteiger partial charge in [0.15, 0.2) is 5.75 Å². The lowest BCUT2D eigenvalue weighted by Gasteiger charge is -2.36. The molecule has 0 bridgehead atoms. The molecule has 0 N–H and O–H groups in total. The van der Waals surface area contributed by atoms with Crippen molar-refractivity contribution in [3.05, 3.63) is 36.4 Å². The molecule has 0 aliphatic carbocycles. The third kappa shape index (κ3) is 4.15. The average molecular weight is 406 g/mol. The molecule has 4 nitrogen and oxygen atoms in total. The van der Waals surface area contributed by atoms with E-state index in [1.165, 1.54) is 12.1 Å². The fourth-order valence-electron chi connectivity index (χ4n) is 1.94. The van der Waals surface area contributed by atoms with Crippen LogP contribution in [-0.2, 0) is 10.1 Å². The van der Waals surface area contributed by atoms with Gasteiger partial charge in [-0.25, -0.2) is 0 Å². The number of hydrogen-bond donors (Lipinski definition) is 0. The van der Waals surface area contributed by atoms with E-state index >= 15 is 0 Å². The van der Waals surface area contributed by atoms with Crippen LogP contribution in [0.2, 0.25) is 18.1 Å². The smallest absolute Gasteiger partial charge is 0.534 e. The fraction of sp³-hybridized carbons (Fsp3) is 0.412. The lowest BCUT2D eigenvalue weighted by molar-refractivity contribution is -0.0500. The quantitative estimate of drug-likeness (QED) is 0.385. The lowest BCUT2D eigenvalue weighted by Crippen LogP contribution is -2.44. The second kappa shape index (κ2) is 6.45. The van der Waals surface area contributed by atoms with Gasteiger partial charge < -0.3 is 8.61 Å². The molecular formula is C17H21F3O4SSi. The molecule has 0 radical (unpaired) electrons. The Morgan fingerprint density at radius 1 is 0.923 bits per heavy atom. The van der Waals surface area contributed by atoms with E-state index in [0.717, 1.165) is 0 Å². The molecule has 2 aromatic carbocycles. The molecule has 0 heterocycles. The Morgan fingerprint density at radius 2 is 1.38 bits per heavy atom. The summed E-state index contributed by atoms with van der Waals surface area (Å²) in [5.41, 5.74) is -5.52. The SMILES string of the molecule is CC(C)(C)[Si](C)(C)Oc1cc2ccccc2cc1OS(=O)(=O)C(F)(F)F. The lowest BCUT2D eigenvalue weighted by atomic mass is 10.1. The van der Waals surface area contributed by atoms with Crippen molar-refractivity contribution < 1.29 is 30.2 Å².